The van der Waals surface area contributed by atoms with E-state index in [0.29, 0.717) is 6.54 Å². The first-order chi connectivity index (χ1) is 7.85. The predicted molar refractivity (Wildman–Crippen MR) is 64.6 cm³/mol. The number of nitrogens with one attached hydrogen (secondary N) is 1. The number of carbonyl (C=O) groups is 1. The van der Waals surface area contributed by atoms with Gasteiger partial charge in [0, 0.05) is 12.1 Å². The molecule has 0 aliphatic rings. The molecule has 0 aliphatic heterocycles. The molecule has 0 atom stereocenters. The van der Waals surface area contributed by atoms with E-state index in [2.05, 4.69) is 26.1 Å². The Hall–Kier alpha value is -1.42. The van der Waals surface area contributed by atoms with Crippen molar-refractivity contribution in [2.24, 2.45) is 0 Å². The fraction of sp³-hybridized carbons (Fsp3) is 0.462. The predicted octanol–water partition coefficient (Wildman–Crippen LogP) is 2.80. The van der Waals surface area contributed by atoms with Gasteiger partial charge in [-0.05, 0) is 38.0 Å². The van der Waals surface area contributed by atoms with E-state index < -0.39 is 11.8 Å². The van der Waals surface area contributed by atoms with Crippen LogP contribution in [0.3, 0.4) is 0 Å². The zero-order chi connectivity index (χ0) is 13.1. The summed E-state index contributed by atoms with van der Waals surface area (Å²) in [4.78, 5) is 10.6. The first kappa shape index (κ1) is 13.6. The quantitative estimate of drug-likeness (QED) is 0.830. The minimum atomic E-state index is -1.24. The number of carboxylic acid groups (broad SMARTS) is 1. The van der Waals surface area contributed by atoms with Gasteiger partial charge in [0.15, 0.2) is 0 Å². The van der Waals surface area contributed by atoms with E-state index in [0.717, 1.165) is 12.0 Å². The van der Waals surface area contributed by atoms with Crippen molar-refractivity contribution in [2.45, 2.75) is 39.3 Å². The smallest absolute Gasteiger partial charge is 0.338 e. The van der Waals surface area contributed by atoms with E-state index in [9.17, 15) is 9.18 Å². The summed E-state index contributed by atoms with van der Waals surface area (Å²) >= 11 is 0. The second-order valence-electron chi connectivity index (χ2n) is 4.71. The molecule has 0 amide bonds. The molecule has 1 rings (SSSR count). The van der Waals surface area contributed by atoms with Gasteiger partial charge in [-0.1, -0.05) is 13.0 Å². The molecule has 94 valence electrons. The number of carboxylic acids is 1. The largest absolute Gasteiger partial charge is 0.478 e. The van der Waals surface area contributed by atoms with Gasteiger partial charge in [0.25, 0.3) is 0 Å². The van der Waals surface area contributed by atoms with E-state index in [1.54, 1.807) is 6.07 Å². The molecule has 1 aromatic carbocycles. The van der Waals surface area contributed by atoms with Crippen molar-refractivity contribution in [1.82, 2.24) is 5.32 Å². The van der Waals surface area contributed by atoms with Crippen LogP contribution in [0.15, 0.2) is 18.2 Å². The number of hydrogen-bond donors (Lipinski definition) is 2. The number of hydrogen-bond acceptors (Lipinski definition) is 2. The van der Waals surface area contributed by atoms with Crippen LogP contribution in [0.1, 0.15) is 43.1 Å². The molecule has 17 heavy (non-hydrogen) atoms. The lowest BCUT2D eigenvalue weighted by Crippen LogP contribution is -2.37. The number of rotatable bonds is 5. The zero-order valence-electron chi connectivity index (χ0n) is 10.4. The topological polar surface area (TPSA) is 49.3 Å². The lowest BCUT2D eigenvalue weighted by atomic mass is 10.0. The Morgan fingerprint density at radius 2 is 2.12 bits per heavy atom. The van der Waals surface area contributed by atoms with Gasteiger partial charge in [-0.25, -0.2) is 9.18 Å². The van der Waals surface area contributed by atoms with Crippen molar-refractivity contribution in [1.29, 1.82) is 0 Å². The standard InChI is InChI=1S/C13H18FNO2/c1-4-13(2,3)15-8-9-5-6-10(12(16)17)11(14)7-9/h5-7,15H,4,8H2,1-3H3,(H,16,17). The van der Waals surface area contributed by atoms with Crippen LogP contribution >= 0.6 is 0 Å². The molecule has 0 radical (unpaired) electrons. The van der Waals surface area contributed by atoms with Crippen LogP contribution in [0.4, 0.5) is 4.39 Å². The lowest BCUT2D eigenvalue weighted by Gasteiger charge is -2.24. The Bertz CT molecular complexity index is 416. The van der Waals surface area contributed by atoms with Crippen LogP contribution in [0.25, 0.3) is 0 Å². The molecular formula is C13H18FNO2. The second kappa shape index (κ2) is 5.27. The van der Waals surface area contributed by atoms with Gasteiger partial charge in [-0.3, -0.25) is 0 Å². The first-order valence-corrected chi connectivity index (χ1v) is 5.62. The highest BCUT2D eigenvalue weighted by Crippen LogP contribution is 2.13. The summed E-state index contributed by atoms with van der Waals surface area (Å²) in [7, 11) is 0. The van der Waals surface area contributed by atoms with Crippen molar-refractivity contribution in [3.8, 4) is 0 Å². The summed E-state index contributed by atoms with van der Waals surface area (Å²) in [5.74, 6) is -1.93. The third-order valence-corrected chi connectivity index (χ3v) is 2.92. The number of benzene rings is 1. The average molecular weight is 239 g/mol. The fourth-order valence-electron chi connectivity index (χ4n) is 1.31. The summed E-state index contributed by atoms with van der Waals surface area (Å²) in [6, 6.07) is 4.20. The van der Waals surface area contributed by atoms with Gasteiger partial charge < -0.3 is 10.4 Å². The Labute approximate surface area is 101 Å². The summed E-state index contributed by atoms with van der Waals surface area (Å²) in [6.45, 7) is 6.72. The molecular weight excluding hydrogens is 221 g/mol. The van der Waals surface area contributed by atoms with Crippen molar-refractivity contribution in [3.05, 3.63) is 35.1 Å². The van der Waals surface area contributed by atoms with E-state index in [1.165, 1.54) is 12.1 Å². The molecule has 1 aromatic rings. The molecule has 4 heteroatoms. The molecule has 0 unspecified atom stereocenters. The van der Waals surface area contributed by atoms with E-state index in [-0.39, 0.29) is 11.1 Å². The average Bonchev–Trinajstić information content (AvgIpc) is 2.26. The first-order valence-electron chi connectivity index (χ1n) is 5.62. The molecule has 0 fully saturated rings. The molecule has 0 aromatic heterocycles. The molecule has 3 nitrogen and oxygen atoms in total. The fourth-order valence-corrected chi connectivity index (χ4v) is 1.31. The van der Waals surface area contributed by atoms with Crippen LogP contribution < -0.4 is 5.32 Å². The van der Waals surface area contributed by atoms with E-state index in [1.807, 2.05) is 0 Å². The lowest BCUT2D eigenvalue weighted by molar-refractivity contribution is 0.0692. The van der Waals surface area contributed by atoms with E-state index >= 15 is 0 Å². The van der Waals surface area contributed by atoms with Crippen molar-refractivity contribution < 1.29 is 14.3 Å². The maximum atomic E-state index is 13.4. The molecule has 2 N–H and O–H groups in total. The highest BCUT2D eigenvalue weighted by Gasteiger charge is 2.15. The van der Waals surface area contributed by atoms with Crippen LogP contribution in [0.5, 0.6) is 0 Å². The summed E-state index contributed by atoms with van der Waals surface area (Å²) in [5, 5.41) is 12.0. The molecule has 0 bridgehead atoms. The summed E-state index contributed by atoms with van der Waals surface area (Å²) in [5.41, 5.74) is 0.444. The van der Waals surface area contributed by atoms with Crippen LogP contribution in [-0.4, -0.2) is 16.6 Å². The molecule has 0 spiro atoms. The van der Waals surface area contributed by atoms with Crippen LogP contribution in [0.2, 0.25) is 0 Å². The maximum Gasteiger partial charge on any atom is 0.338 e. The van der Waals surface area contributed by atoms with Crippen molar-refractivity contribution in [2.75, 3.05) is 0 Å². The van der Waals surface area contributed by atoms with E-state index in [4.69, 9.17) is 5.11 Å². The maximum absolute atomic E-state index is 13.4. The van der Waals surface area contributed by atoms with Crippen molar-refractivity contribution in [3.63, 3.8) is 0 Å². The highest BCUT2D eigenvalue weighted by atomic mass is 19.1. The Morgan fingerprint density at radius 3 is 2.59 bits per heavy atom. The zero-order valence-corrected chi connectivity index (χ0v) is 10.4. The van der Waals surface area contributed by atoms with Gasteiger partial charge in [0.05, 0.1) is 5.56 Å². The second-order valence-corrected chi connectivity index (χ2v) is 4.71. The minimum absolute atomic E-state index is 0.0120. The summed E-state index contributed by atoms with van der Waals surface area (Å²) < 4.78 is 13.4. The molecule has 0 saturated carbocycles. The van der Waals surface area contributed by atoms with Gasteiger partial charge in [0.1, 0.15) is 5.82 Å². The molecule has 0 saturated heterocycles. The minimum Gasteiger partial charge on any atom is -0.478 e. The highest BCUT2D eigenvalue weighted by molar-refractivity contribution is 5.87. The monoisotopic (exact) mass is 239 g/mol. The molecule has 0 heterocycles. The van der Waals surface area contributed by atoms with Gasteiger partial charge in [-0.15, -0.1) is 0 Å². The van der Waals surface area contributed by atoms with Gasteiger partial charge in [0.2, 0.25) is 0 Å². The molecule has 0 aliphatic carbocycles. The van der Waals surface area contributed by atoms with Crippen LogP contribution in [-0.2, 0) is 6.54 Å². The Morgan fingerprint density at radius 1 is 1.47 bits per heavy atom. The number of halogens is 1. The normalized spacial score (nSPS) is 11.5. The van der Waals surface area contributed by atoms with Gasteiger partial charge >= 0.3 is 5.97 Å². The third kappa shape index (κ3) is 3.82. The SMILES string of the molecule is CCC(C)(C)NCc1ccc(C(=O)O)c(F)c1. The Kier molecular flexibility index (Phi) is 4.23. The van der Waals surface area contributed by atoms with Crippen molar-refractivity contribution >= 4 is 5.97 Å². The van der Waals surface area contributed by atoms with Crippen LogP contribution in [0, 0.1) is 5.82 Å². The summed E-state index contributed by atoms with van der Waals surface area (Å²) in [6.07, 6.45) is 0.961. The number of aromatic carboxylic acids is 1. The third-order valence-electron chi connectivity index (χ3n) is 2.92. The van der Waals surface area contributed by atoms with Gasteiger partial charge in [-0.2, -0.15) is 0 Å². The Balaban J connectivity index is 2.75.